The molecule has 1 unspecified atom stereocenters. The third-order valence-electron chi connectivity index (χ3n) is 8.82. The van der Waals surface area contributed by atoms with Gasteiger partial charge in [0.15, 0.2) is 9.84 Å². The lowest BCUT2D eigenvalue weighted by Gasteiger charge is -2.17. The second kappa shape index (κ2) is 39.1. The van der Waals surface area contributed by atoms with Crippen LogP contribution >= 0.6 is 11.8 Å². The second-order valence-electron chi connectivity index (χ2n) is 20.0. The van der Waals surface area contributed by atoms with E-state index in [1.807, 2.05) is 104 Å². The molecule has 1 fully saturated rings. The SMILES string of the molecule is CC(C)CS(=O)(=O)C(C)C.CC(C)CS(=O)C(C)C.CC(C)CSC(C)C.CC(C)Oc1cccnc1.CC(C)S(=O)(=O)N1CCCC1.CC(C)c1ccccc1.Cc1ccc(OC(C)C)cn1. The molecule has 0 amide bonds. The van der Waals surface area contributed by atoms with Gasteiger partial charge in [-0.2, -0.15) is 11.8 Å². The molecule has 0 spiro atoms. The number of rotatable bonds is 16. The molecule has 396 valence electrons. The first-order valence-electron chi connectivity index (χ1n) is 24.7. The summed E-state index contributed by atoms with van der Waals surface area (Å²) in [4.78, 5) is 8.02. The highest BCUT2D eigenvalue weighted by Crippen LogP contribution is 2.17. The fourth-order valence-corrected chi connectivity index (χ4v) is 9.62. The van der Waals surface area contributed by atoms with Crippen molar-refractivity contribution in [2.45, 2.75) is 197 Å². The van der Waals surface area contributed by atoms with E-state index < -0.39 is 30.7 Å². The number of sulfonamides is 1. The number of hydrogen-bond acceptors (Lipinski definition) is 10. The standard InChI is InChI=1S/C9H13NO.C9H12.C8H11NO.C7H15NO2S.C7H16O2S.C7H16OS.C7H16S/c1-7(2)11-9-5-4-8(3)10-6-9;1-8(2)9-6-4-3-5-7-9;1-7(2)10-8-4-3-5-9-6-8;1-7(2)11(9,10)8-5-3-4-6-8;1-6(2)5-10(8,9)7(3)4;1-6(2)5-9(8)7(3)4;1-6(2)5-8-7(3)4/h4-7H,1-3H3;3-8H,1-2H3;3-7H,1-2H3;7H,3-6H2,1-2H3;6-7H,5H2,1-4H3;6-7H,5H2,1-4H3;6-7H,5H2,1-4H3. The van der Waals surface area contributed by atoms with Gasteiger partial charge in [-0.1, -0.05) is 113 Å². The van der Waals surface area contributed by atoms with Gasteiger partial charge in [-0.25, -0.2) is 21.1 Å². The maximum Gasteiger partial charge on any atom is 0.216 e. The molecule has 0 radical (unpaired) electrons. The van der Waals surface area contributed by atoms with Crippen molar-refractivity contribution in [1.29, 1.82) is 0 Å². The van der Waals surface area contributed by atoms with Gasteiger partial charge in [-0.05, 0) is 140 Å². The van der Waals surface area contributed by atoms with E-state index in [-0.39, 0.29) is 28.6 Å². The lowest BCUT2D eigenvalue weighted by Crippen LogP contribution is -2.33. The van der Waals surface area contributed by atoms with Crippen molar-refractivity contribution in [3.8, 4) is 11.5 Å². The van der Waals surface area contributed by atoms with E-state index in [1.165, 1.54) is 11.3 Å². The molecule has 68 heavy (non-hydrogen) atoms. The molecule has 0 N–H and O–H groups in total. The monoisotopic (exact) mass is 1030 g/mol. The van der Waals surface area contributed by atoms with Gasteiger partial charge in [-0.3, -0.25) is 14.2 Å². The van der Waals surface area contributed by atoms with Crippen molar-refractivity contribution in [2.24, 2.45) is 17.8 Å². The number of ether oxygens (including phenoxy) is 2. The number of thioether (sulfide) groups is 1. The number of aromatic nitrogens is 2. The van der Waals surface area contributed by atoms with E-state index in [0.717, 1.165) is 60.0 Å². The highest BCUT2D eigenvalue weighted by atomic mass is 32.2. The quantitative estimate of drug-likeness (QED) is 0.137. The van der Waals surface area contributed by atoms with Crippen LogP contribution in [-0.2, 0) is 30.7 Å². The molecule has 3 heterocycles. The van der Waals surface area contributed by atoms with Gasteiger partial charge in [0.05, 0.1) is 40.9 Å². The molecule has 0 bridgehead atoms. The smallest absolute Gasteiger partial charge is 0.216 e. The summed E-state index contributed by atoms with van der Waals surface area (Å²) in [5, 5.41) is 0.639. The molecule has 1 saturated heterocycles. The molecule has 1 aliphatic rings. The normalized spacial score (nSPS) is 13.1. The number of sulfone groups is 1. The van der Waals surface area contributed by atoms with Gasteiger partial charge in [0.1, 0.15) is 11.5 Å². The minimum atomic E-state index is -2.94. The van der Waals surface area contributed by atoms with Crippen molar-refractivity contribution in [3.63, 3.8) is 0 Å². The first kappa shape index (κ1) is 69.7. The van der Waals surface area contributed by atoms with Crippen molar-refractivity contribution >= 4 is 42.4 Å². The van der Waals surface area contributed by atoms with Crippen molar-refractivity contribution in [2.75, 3.05) is 30.3 Å². The first-order valence-corrected chi connectivity index (χ1v) is 30.4. The summed E-state index contributed by atoms with van der Waals surface area (Å²) in [7, 11) is -6.34. The Morgan fingerprint density at radius 1 is 0.632 bits per heavy atom. The fourth-order valence-electron chi connectivity index (χ4n) is 5.13. The van der Waals surface area contributed by atoms with Crippen molar-refractivity contribution in [1.82, 2.24) is 14.3 Å². The maximum atomic E-state index is 11.5. The molecule has 0 aliphatic carbocycles. The molecular weight excluding hydrogens is 931 g/mol. The fraction of sp³-hybridized carbons (Fsp3) is 0.704. The Labute approximate surface area is 426 Å². The Hall–Kier alpha value is -2.52. The largest absolute Gasteiger partial charge is 0.489 e. The van der Waals surface area contributed by atoms with E-state index in [9.17, 15) is 21.0 Å². The predicted octanol–water partition coefficient (Wildman–Crippen LogP) is 13.7. The summed E-state index contributed by atoms with van der Waals surface area (Å²) in [6.07, 6.45) is 7.67. The second-order valence-corrected chi connectivity index (χ2v) is 28.7. The zero-order valence-corrected chi connectivity index (χ0v) is 49.7. The van der Waals surface area contributed by atoms with Gasteiger partial charge < -0.3 is 9.47 Å². The summed E-state index contributed by atoms with van der Waals surface area (Å²) >= 11 is 2.04. The maximum absolute atomic E-state index is 11.5. The molecule has 1 atom stereocenters. The highest BCUT2D eigenvalue weighted by Gasteiger charge is 2.27. The van der Waals surface area contributed by atoms with Gasteiger partial charge in [0.25, 0.3) is 0 Å². The highest BCUT2D eigenvalue weighted by molar-refractivity contribution is 7.99. The van der Waals surface area contributed by atoms with Crippen LogP contribution < -0.4 is 9.47 Å². The lowest BCUT2D eigenvalue weighted by molar-refractivity contribution is 0.241. The average molecular weight is 1030 g/mol. The van der Waals surface area contributed by atoms with Crippen LogP contribution in [0.4, 0.5) is 0 Å². The van der Waals surface area contributed by atoms with E-state index in [4.69, 9.17) is 9.47 Å². The number of hydrogen-bond donors (Lipinski definition) is 0. The Morgan fingerprint density at radius 3 is 1.43 bits per heavy atom. The Balaban J connectivity index is -0.000000727. The molecule has 1 aromatic carbocycles. The summed E-state index contributed by atoms with van der Waals surface area (Å²) < 4.78 is 68.6. The van der Waals surface area contributed by atoms with Crippen LogP contribution in [0, 0.1) is 24.7 Å². The van der Waals surface area contributed by atoms with Crippen LogP contribution in [0.2, 0.25) is 0 Å². The Morgan fingerprint density at radius 2 is 1.15 bits per heavy atom. The van der Waals surface area contributed by atoms with Crippen molar-refractivity contribution < 1.29 is 30.5 Å². The molecule has 0 saturated carbocycles. The summed E-state index contributed by atoms with van der Waals surface area (Å²) in [5.74, 6) is 6.44. The Kier molecular flexibility index (Phi) is 40.1. The summed E-state index contributed by atoms with van der Waals surface area (Å²) in [6.45, 7) is 43.7. The van der Waals surface area contributed by atoms with Crippen LogP contribution in [0.1, 0.15) is 168 Å². The van der Waals surface area contributed by atoms with E-state index in [2.05, 4.69) is 89.6 Å². The van der Waals surface area contributed by atoms with Gasteiger partial charge in [0.2, 0.25) is 10.0 Å². The van der Waals surface area contributed by atoms with Crippen LogP contribution in [0.5, 0.6) is 11.5 Å². The molecule has 4 rings (SSSR count). The first-order chi connectivity index (χ1) is 31.3. The molecule has 3 aromatic rings. The molecule has 14 heteroatoms. The topological polar surface area (TPSA) is 133 Å². The number of benzene rings is 1. The molecule has 1 aliphatic heterocycles. The van der Waals surface area contributed by atoms with Crippen LogP contribution in [0.15, 0.2) is 73.2 Å². The van der Waals surface area contributed by atoms with Crippen LogP contribution in [-0.4, -0.2) is 98.9 Å². The van der Waals surface area contributed by atoms with Gasteiger partial charge in [0, 0.05) is 46.8 Å². The van der Waals surface area contributed by atoms with Crippen molar-refractivity contribution in [3.05, 3.63) is 84.4 Å². The molecule has 10 nitrogen and oxygen atoms in total. The summed E-state index contributed by atoms with van der Waals surface area (Å²) in [5.41, 5.74) is 2.43. The number of aryl methyl sites for hydroxylation is 1. The zero-order valence-electron chi connectivity index (χ0n) is 46.5. The lowest BCUT2D eigenvalue weighted by atomic mass is 10.0. The van der Waals surface area contributed by atoms with E-state index in [1.54, 1.807) is 50.6 Å². The zero-order chi connectivity index (χ0) is 53.2. The minimum absolute atomic E-state index is 0.222. The molecular formula is C54H99N3O7S4. The average Bonchev–Trinajstić information content (AvgIpc) is 3.79. The molecule has 2 aromatic heterocycles. The Bertz CT molecular complexity index is 1860. The third-order valence-corrected chi connectivity index (χ3v) is 17.2. The van der Waals surface area contributed by atoms with E-state index >= 15 is 0 Å². The van der Waals surface area contributed by atoms with Gasteiger partial charge in [-0.15, -0.1) is 0 Å². The third kappa shape index (κ3) is 40.2. The van der Waals surface area contributed by atoms with Crippen LogP contribution in [0.3, 0.4) is 0 Å². The van der Waals surface area contributed by atoms with E-state index in [0.29, 0.717) is 22.8 Å². The number of nitrogens with zero attached hydrogens (tertiary/aromatic N) is 3. The minimum Gasteiger partial charge on any atom is -0.489 e. The van der Waals surface area contributed by atoms with Gasteiger partial charge >= 0.3 is 0 Å². The predicted molar refractivity (Wildman–Crippen MR) is 299 cm³/mol. The van der Waals surface area contributed by atoms with Crippen LogP contribution in [0.25, 0.3) is 0 Å². The summed E-state index contributed by atoms with van der Waals surface area (Å²) in [6, 6.07) is 18.1. The number of pyridine rings is 2.